The Balaban J connectivity index is 1.39. The molecule has 3 heterocycles. The molecule has 0 aliphatic carbocycles. The predicted octanol–water partition coefficient (Wildman–Crippen LogP) is 3.68. The number of H-pyrrole nitrogens is 1. The number of likely N-dealkylation sites (tertiary alicyclic amines) is 2. The molecule has 0 spiro atoms. The highest BCUT2D eigenvalue weighted by Gasteiger charge is 2.42. The number of nitrogens with zero attached hydrogens (tertiary/aromatic N) is 2. The van der Waals surface area contributed by atoms with Crippen LogP contribution in [-0.2, 0) is 22.4 Å². The third-order valence-corrected chi connectivity index (χ3v) is 7.66. The van der Waals surface area contributed by atoms with E-state index in [4.69, 9.17) is 11.1 Å². The maximum Gasteiger partial charge on any atom is 0.320 e. The number of hydrogen-bond acceptors (Lipinski definition) is 4. The van der Waals surface area contributed by atoms with E-state index in [1.807, 2.05) is 16.7 Å². The Labute approximate surface area is 207 Å². The summed E-state index contributed by atoms with van der Waals surface area (Å²) in [6, 6.07) is 7.87. The number of nitrogens with two attached hydrogens (primary N) is 1. The number of aromatic amines is 1. The van der Waals surface area contributed by atoms with Crippen LogP contribution in [0.3, 0.4) is 0 Å². The van der Waals surface area contributed by atoms with Gasteiger partial charge in [-0.1, -0.05) is 25.5 Å². The van der Waals surface area contributed by atoms with Crippen molar-refractivity contribution in [3.63, 3.8) is 0 Å². The lowest BCUT2D eigenvalue weighted by Gasteiger charge is -2.34. The number of aliphatic carboxylic acids is 1. The van der Waals surface area contributed by atoms with Crippen LogP contribution in [0.2, 0.25) is 0 Å². The van der Waals surface area contributed by atoms with Crippen LogP contribution in [-0.4, -0.2) is 68.8 Å². The molecule has 1 unspecified atom stereocenters. The summed E-state index contributed by atoms with van der Waals surface area (Å²) in [5.41, 5.74) is 8.92. The Morgan fingerprint density at radius 1 is 1.20 bits per heavy atom. The van der Waals surface area contributed by atoms with Gasteiger partial charge in [-0.3, -0.25) is 19.9 Å². The summed E-state index contributed by atoms with van der Waals surface area (Å²) in [6.07, 6.45) is 8.12. The van der Waals surface area contributed by atoms with Gasteiger partial charge in [-0.05, 0) is 81.0 Å². The quantitative estimate of drug-likeness (QED) is 0.288. The summed E-state index contributed by atoms with van der Waals surface area (Å²) in [4.78, 5) is 32.9. The maximum absolute atomic E-state index is 13.6. The molecule has 0 saturated carbocycles. The summed E-state index contributed by atoms with van der Waals surface area (Å²) < 4.78 is 0. The molecule has 190 valence electrons. The monoisotopic (exact) mass is 481 g/mol. The zero-order valence-electron chi connectivity index (χ0n) is 20.8. The molecule has 4 rings (SSSR count). The van der Waals surface area contributed by atoms with E-state index in [2.05, 4.69) is 29.2 Å². The highest BCUT2D eigenvalue weighted by Crippen LogP contribution is 2.29. The minimum Gasteiger partial charge on any atom is -0.480 e. The van der Waals surface area contributed by atoms with Gasteiger partial charge < -0.3 is 20.7 Å². The first-order valence-corrected chi connectivity index (χ1v) is 13.1. The normalized spacial score (nSPS) is 21.6. The third-order valence-electron chi connectivity index (χ3n) is 7.66. The van der Waals surface area contributed by atoms with Crippen molar-refractivity contribution >= 4 is 28.6 Å². The average molecular weight is 482 g/mol. The number of benzene rings is 1. The number of fused-ring (bicyclic) bond motifs is 1. The van der Waals surface area contributed by atoms with Gasteiger partial charge in [-0.25, -0.2) is 0 Å². The van der Waals surface area contributed by atoms with Crippen molar-refractivity contribution < 1.29 is 14.7 Å². The van der Waals surface area contributed by atoms with Crippen LogP contribution in [0, 0.1) is 5.41 Å². The second kappa shape index (κ2) is 11.2. The van der Waals surface area contributed by atoms with Gasteiger partial charge in [0.25, 0.3) is 0 Å². The molecule has 2 aliphatic rings. The van der Waals surface area contributed by atoms with Crippen molar-refractivity contribution in [2.45, 2.75) is 89.3 Å². The lowest BCUT2D eigenvalue weighted by Crippen LogP contribution is -2.52. The Hall–Kier alpha value is -2.87. The summed E-state index contributed by atoms with van der Waals surface area (Å²) in [6.45, 7) is 3.46. The standard InChI is InChI=1S/C27H39N5O3/c1-2-5-24(27(34)35)32-15-4-7-23(32)26(33)31-14-3-6-21(31)12-11-20-17-19-10-8-18(9-13-25(28)29)16-22(19)30-20/h8,10,16-17,21,23-24,30H,2-7,9,11-15H2,1H3,(H3,28,29)(H,34,35)/t21-,23+,24?/m0/s1. The van der Waals surface area contributed by atoms with Crippen LogP contribution < -0.4 is 5.73 Å². The first-order valence-electron chi connectivity index (χ1n) is 13.1. The average Bonchev–Trinajstić information content (AvgIpc) is 3.58. The molecule has 8 heteroatoms. The number of amidine groups is 1. The van der Waals surface area contributed by atoms with E-state index in [-0.39, 0.29) is 23.8 Å². The highest BCUT2D eigenvalue weighted by atomic mass is 16.4. The zero-order chi connectivity index (χ0) is 24.9. The van der Waals surface area contributed by atoms with Crippen LogP contribution in [0.15, 0.2) is 24.3 Å². The van der Waals surface area contributed by atoms with Crippen LogP contribution in [0.25, 0.3) is 10.9 Å². The molecule has 35 heavy (non-hydrogen) atoms. The fourth-order valence-electron chi connectivity index (χ4n) is 5.87. The van der Waals surface area contributed by atoms with E-state index >= 15 is 0 Å². The molecule has 2 saturated heterocycles. The summed E-state index contributed by atoms with van der Waals surface area (Å²) in [5, 5.41) is 18.3. The van der Waals surface area contributed by atoms with Crippen molar-refractivity contribution in [2.24, 2.45) is 5.73 Å². The first-order chi connectivity index (χ1) is 16.9. The molecule has 1 aromatic carbocycles. The van der Waals surface area contributed by atoms with Gasteiger partial charge in [0.15, 0.2) is 0 Å². The third kappa shape index (κ3) is 5.86. The number of carboxylic acids is 1. The lowest BCUT2D eigenvalue weighted by atomic mass is 10.0. The van der Waals surface area contributed by atoms with Crippen LogP contribution >= 0.6 is 0 Å². The second-order valence-corrected chi connectivity index (χ2v) is 10.1. The second-order valence-electron chi connectivity index (χ2n) is 10.1. The minimum absolute atomic E-state index is 0.124. The number of nitrogens with one attached hydrogen (secondary N) is 2. The largest absolute Gasteiger partial charge is 0.480 e. The molecule has 1 aromatic heterocycles. The fraction of sp³-hybridized carbons (Fsp3) is 0.593. The number of hydrogen-bond donors (Lipinski definition) is 4. The van der Waals surface area contributed by atoms with Gasteiger partial charge in [0.2, 0.25) is 5.91 Å². The summed E-state index contributed by atoms with van der Waals surface area (Å²) in [7, 11) is 0. The van der Waals surface area contributed by atoms with Gasteiger partial charge in [0.1, 0.15) is 6.04 Å². The van der Waals surface area contributed by atoms with Gasteiger partial charge in [0, 0.05) is 30.2 Å². The molecule has 1 amide bonds. The lowest BCUT2D eigenvalue weighted by molar-refractivity contribution is -0.147. The molecule has 2 aromatic rings. The van der Waals surface area contributed by atoms with Crippen LogP contribution in [0.4, 0.5) is 0 Å². The zero-order valence-corrected chi connectivity index (χ0v) is 20.8. The number of aryl methyl sites for hydroxylation is 2. The summed E-state index contributed by atoms with van der Waals surface area (Å²) >= 11 is 0. The maximum atomic E-state index is 13.6. The first kappa shape index (κ1) is 25.2. The van der Waals surface area contributed by atoms with Gasteiger partial charge in [-0.2, -0.15) is 0 Å². The van der Waals surface area contributed by atoms with Crippen molar-refractivity contribution in [1.82, 2.24) is 14.8 Å². The van der Waals surface area contributed by atoms with Gasteiger partial charge >= 0.3 is 5.97 Å². The van der Waals surface area contributed by atoms with Crippen molar-refractivity contribution in [3.05, 3.63) is 35.5 Å². The SMILES string of the molecule is CCCC(C(=O)O)N1CCC[C@@H]1C(=O)N1CCC[C@H]1CCc1cc2ccc(CCC(=N)N)cc2[nH]1. The van der Waals surface area contributed by atoms with E-state index in [1.54, 1.807) is 0 Å². The van der Waals surface area contributed by atoms with E-state index < -0.39 is 12.0 Å². The highest BCUT2D eigenvalue weighted by molar-refractivity contribution is 5.84. The van der Waals surface area contributed by atoms with Gasteiger partial charge in [-0.15, -0.1) is 0 Å². The Morgan fingerprint density at radius 3 is 2.74 bits per heavy atom. The van der Waals surface area contributed by atoms with E-state index in [1.165, 1.54) is 11.1 Å². The van der Waals surface area contributed by atoms with Crippen LogP contribution in [0.1, 0.15) is 69.5 Å². The topological polar surface area (TPSA) is 127 Å². The Kier molecular flexibility index (Phi) is 8.11. The molecule has 2 aliphatic heterocycles. The molecule has 3 atom stereocenters. The van der Waals surface area contributed by atoms with Crippen molar-refractivity contribution in [2.75, 3.05) is 13.1 Å². The predicted molar refractivity (Wildman–Crippen MR) is 138 cm³/mol. The molecular weight excluding hydrogens is 442 g/mol. The molecule has 0 bridgehead atoms. The van der Waals surface area contributed by atoms with Crippen molar-refractivity contribution in [1.29, 1.82) is 5.41 Å². The summed E-state index contributed by atoms with van der Waals surface area (Å²) in [5.74, 6) is -0.482. The van der Waals surface area contributed by atoms with E-state index in [0.29, 0.717) is 19.4 Å². The Morgan fingerprint density at radius 2 is 2.00 bits per heavy atom. The Bertz CT molecular complexity index is 1060. The van der Waals surface area contributed by atoms with Gasteiger partial charge in [0.05, 0.1) is 11.9 Å². The molecule has 8 nitrogen and oxygen atoms in total. The molecule has 5 N–H and O–H groups in total. The number of aromatic nitrogens is 1. The number of amides is 1. The van der Waals surface area contributed by atoms with Crippen LogP contribution in [0.5, 0.6) is 0 Å². The number of rotatable bonds is 11. The van der Waals surface area contributed by atoms with Crippen molar-refractivity contribution in [3.8, 4) is 0 Å². The smallest absolute Gasteiger partial charge is 0.320 e. The number of carbonyl (C=O) groups is 2. The fourth-order valence-corrected chi connectivity index (χ4v) is 5.87. The molecular formula is C27H39N5O3. The minimum atomic E-state index is -0.812. The molecule has 2 fully saturated rings. The molecule has 0 radical (unpaired) electrons. The number of carboxylic acid groups (broad SMARTS) is 1. The van der Waals surface area contributed by atoms with E-state index in [0.717, 1.165) is 69.0 Å². The van der Waals surface area contributed by atoms with E-state index in [9.17, 15) is 14.7 Å². The number of carbonyl (C=O) groups excluding carboxylic acids is 1.